The van der Waals surface area contributed by atoms with Crippen molar-refractivity contribution in [3.05, 3.63) is 66.7 Å². The number of rotatable bonds is 7. The smallest absolute Gasteiger partial charge is 0.318 e. The normalized spacial score (nSPS) is 10.6. The van der Waals surface area contributed by atoms with Crippen molar-refractivity contribution in [2.75, 3.05) is 6.61 Å². The van der Waals surface area contributed by atoms with Crippen molar-refractivity contribution < 1.29 is 24.5 Å². The zero-order valence-electron chi connectivity index (χ0n) is 14.3. The number of carbonyl (C=O) groups excluding carboxylic acids is 1. The van der Waals surface area contributed by atoms with Gasteiger partial charge in [-0.05, 0) is 30.7 Å². The van der Waals surface area contributed by atoms with Gasteiger partial charge in [-0.3, -0.25) is 25.0 Å². The minimum absolute atomic E-state index is 0.310. The van der Waals surface area contributed by atoms with Crippen LogP contribution in [0.2, 0.25) is 5.02 Å². The number of phenols is 1. The Morgan fingerprint density at radius 1 is 1.29 bits per heavy atom. The lowest BCUT2D eigenvalue weighted by atomic mass is 10.1. The van der Waals surface area contributed by atoms with Gasteiger partial charge in [-0.1, -0.05) is 11.6 Å². The molecule has 2 rings (SSSR count). The first-order chi connectivity index (χ1) is 13.2. The Morgan fingerprint density at radius 2 is 2.00 bits per heavy atom. The number of nitrogens with one attached hydrogen (secondary N) is 1. The lowest BCUT2D eigenvalue weighted by Crippen LogP contribution is -2.24. The van der Waals surface area contributed by atoms with Crippen LogP contribution in [0.3, 0.4) is 0 Å². The van der Waals surface area contributed by atoms with Crippen LogP contribution in [-0.4, -0.2) is 33.7 Å². The quantitative estimate of drug-likeness (QED) is 0.405. The van der Waals surface area contributed by atoms with Crippen LogP contribution in [0.25, 0.3) is 0 Å². The summed E-state index contributed by atoms with van der Waals surface area (Å²) >= 11 is 5.89. The van der Waals surface area contributed by atoms with Crippen LogP contribution in [0.4, 0.5) is 11.4 Å². The van der Waals surface area contributed by atoms with Crippen LogP contribution in [0.5, 0.6) is 11.5 Å². The first-order valence-corrected chi connectivity index (χ1v) is 7.93. The third kappa shape index (κ3) is 5.14. The highest BCUT2D eigenvalue weighted by Gasteiger charge is 2.23. The van der Waals surface area contributed by atoms with Gasteiger partial charge in [0.05, 0.1) is 27.7 Å². The van der Waals surface area contributed by atoms with Crippen molar-refractivity contribution in [3.63, 3.8) is 0 Å². The fourth-order valence-corrected chi connectivity index (χ4v) is 2.15. The van der Waals surface area contributed by atoms with E-state index in [4.69, 9.17) is 16.3 Å². The number of hydrazone groups is 1. The molecule has 0 heterocycles. The Morgan fingerprint density at radius 3 is 2.61 bits per heavy atom. The third-order valence-corrected chi connectivity index (χ3v) is 3.83. The summed E-state index contributed by atoms with van der Waals surface area (Å²) in [5.41, 5.74) is 1.06. The number of nitro groups is 2. The monoisotopic (exact) mass is 408 g/mol. The van der Waals surface area contributed by atoms with E-state index in [2.05, 4.69) is 10.5 Å². The van der Waals surface area contributed by atoms with Crippen LogP contribution in [0.1, 0.15) is 11.1 Å². The molecule has 12 heteroatoms. The van der Waals surface area contributed by atoms with Crippen molar-refractivity contribution in [1.82, 2.24) is 5.43 Å². The number of phenolic OH excluding ortho intramolecular Hbond substituents is 1. The van der Waals surface area contributed by atoms with Crippen molar-refractivity contribution in [2.45, 2.75) is 6.92 Å². The summed E-state index contributed by atoms with van der Waals surface area (Å²) < 4.78 is 5.26. The number of amides is 1. The fourth-order valence-electron chi connectivity index (χ4n) is 2.03. The van der Waals surface area contributed by atoms with Crippen molar-refractivity contribution in [2.24, 2.45) is 5.10 Å². The van der Waals surface area contributed by atoms with Crippen molar-refractivity contribution in [3.8, 4) is 11.5 Å². The number of halogens is 1. The second kappa shape index (κ2) is 8.77. The minimum Gasteiger partial charge on any atom is -0.502 e. The molecule has 0 radical (unpaired) electrons. The molecular formula is C16H13ClN4O7. The van der Waals surface area contributed by atoms with Gasteiger partial charge < -0.3 is 9.84 Å². The van der Waals surface area contributed by atoms with E-state index in [1.807, 2.05) is 0 Å². The van der Waals surface area contributed by atoms with Crippen LogP contribution in [-0.2, 0) is 4.79 Å². The number of non-ortho nitro benzene ring substituents is 1. The van der Waals surface area contributed by atoms with Gasteiger partial charge in [0.25, 0.3) is 11.6 Å². The molecule has 0 atom stereocenters. The van der Waals surface area contributed by atoms with Crippen molar-refractivity contribution in [1.29, 1.82) is 0 Å². The number of aromatic hydroxyl groups is 1. The highest BCUT2D eigenvalue weighted by atomic mass is 35.5. The zero-order chi connectivity index (χ0) is 20.8. The molecule has 28 heavy (non-hydrogen) atoms. The summed E-state index contributed by atoms with van der Waals surface area (Å²) in [4.78, 5) is 31.6. The molecule has 11 nitrogen and oxygen atoms in total. The summed E-state index contributed by atoms with van der Waals surface area (Å²) in [5, 5.41) is 35.6. The van der Waals surface area contributed by atoms with Gasteiger partial charge in [0.2, 0.25) is 5.75 Å². The molecule has 0 saturated heterocycles. The number of ether oxygens (including phenoxy) is 1. The number of hydrogen-bond acceptors (Lipinski definition) is 8. The molecule has 2 aromatic carbocycles. The van der Waals surface area contributed by atoms with Gasteiger partial charge in [-0.25, -0.2) is 5.43 Å². The maximum absolute atomic E-state index is 11.7. The maximum atomic E-state index is 11.7. The van der Waals surface area contributed by atoms with Crippen LogP contribution in [0, 0.1) is 27.2 Å². The van der Waals surface area contributed by atoms with Crippen molar-refractivity contribution >= 4 is 35.1 Å². The van der Waals surface area contributed by atoms with E-state index < -0.39 is 32.9 Å². The lowest BCUT2D eigenvalue weighted by molar-refractivity contribution is -0.394. The Bertz CT molecular complexity index is 978. The van der Waals surface area contributed by atoms with Crippen LogP contribution < -0.4 is 10.2 Å². The number of nitrogens with zero attached hydrogens (tertiary/aromatic N) is 3. The number of hydrogen-bond donors (Lipinski definition) is 2. The Balaban J connectivity index is 2.05. The first kappa shape index (κ1) is 20.6. The molecule has 0 aliphatic heterocycles. The maximum Gasteiger partial charge on any atom is 0.318 e. The predicted molar refractivity (Wildman–Crippen MR) is 98.8 cm³/mol. The lowest BCUT2D eigenvalue weighted by Gasteiger charge is -2.06. The number of carbonyl (C=O) groups is 1. The standard InChI is InChI=1S/C16H13ClN4O7/c1-9-4-12(2-3-13(9)17)28-8-15(22)19-18-7-10-5-11(20(24)25)6-14(16(10)23)21(26)27/h2-7,23H,8H2,1H3,(H,19,22)/b18-7+. The Hall–Kier alpha value is -3.73. The third-order valence-electron chi connectivity index (χ3n) is 3.40. The molecule has 146 valence electrons. The Kier molecular flexibility index (Phi) is 6.45. The second-order valence-electron chi connectivity index (χ2n) is 5.41. The van der Waals surface area contributed by atoms with E-state index in [1.54, 1.807) is 25.1 Å². The highest BCUT2D eigenvalue weighted by Crippen LogP contribution is 2.33. The molecule has 0 aliphatic carbocycles. The Labute approximate surface area is 162 Å². The zero-order valence-corrected chi connectivity index (χ0v) is 15.0. The van der Waals surface area contributed by atoms with Gasteiger partial charge in [0, 0.05) is 11.1 Å². The second-order valence-corrected chi connectivity index (χ2v) is 5.82. The van der Waals surface area contributed by atoms with Gasteiger partial charge in [-0.15, -0.1) is 0 Å². The summed E-state index contributed by atoms with van der Waals surface area (Å²) in [6.45, 7) is 1.38. The molecule has 2 aromatic rings. The topological polar surface area (TPSA) is 157 Å². The summed E-state index contributed by atoms with van der Waals surface area (Å²) in [5.74, 6) is -1.07. The molecule has 0 spiro atoms. The number of aryl methyl sites for hydroxylation is 1. The van der Waals surface area contributed by atoms with E-state index in [1.165, 1.54) is 0 Å². The molecule has 0 saturated carbocycles. The molecule has 1 amide bonds. The van der Waals surface area contributed by atoms with E-state index in [0.717, 1.165) is 17.8 Å². The molecule has 2 N–H and O–H groups in total. The van der Waals surface area contributed by atoms with Crippen LogP contribution in [0.15, 0.2) is 35.4 Å². The number of benzene rings is 2. The summed E-state index contributed by atoms with van der Waals surface area (Å²) in [7, 11) is 0. The SMILES string of the molecule is Cc1cc(OCC(=O)N/N=C/c2cc([N+](=O)[O-])cc([N+](=O)[O-])c2O)ccc1Cl. The predicted octanol–water partition coefficient (Wildman–Crippen LogP) is 2.70. The van der Waals surface area contributed by atoms with E-state index in [-0.39, 0.29) is 12.2 Å². The van der Waals surface area contributed by atoms with Gasteiger partial charge in [-0.2, -0.15) is 5.10 Å². The highest BCUT2D eigenvalue weighted by molar-refractivity contribution is 6.31. The van der Waals surface area contributed by atoms with Gasteiger partial charge in [0.1, 0.15) is 5.75 Å². The molecule has 0 bridgehead atoms. The number of nitro benzene ring substituents is 2. The molecular weight excluding hydrogens is 396 g/mol. The van der Waals surface area contributed by atoms with E-state index in [0.29, 0.717) is 16.8 Å². The summed E-state index contributed by atoms with van der Waals surface area (Å²) in [6.07, 6.45) is 0.847. The van der Waals surface area contributed by atoms with E-state index in [9.17, 15) is 30.1 Å². The molecule has 0 unspecified atom stereocenters. The largest absolute Gasteiger partial charge is 0.502 e. The molecule has 0 fully saturated rings. The van der Waals surface area contributed by atoms with E-state index >= 15 is 0 Å². The average molecular weight is 409 g/mol. The first-order valence-electron chi connectivity index (χ1n) is 7.55. The van der Waals surface area contributed by atoms with Crippen LogP contribution >= 0.6 is 11.6 Å². The van der Waals surface area contributed by atoms with Gasteiger partial charge in [0.15, 0.2) is 6.61 Å². The summed E-state index contributed by atoms with van der Waals surface area (Å²) in [6, 6.07) is 6.32. The molecule has 0 aliphatic rings. The van der Waals surface area contributed by atoms with Gasteiger partial charge >= 0.3 is 5.69 Å². The average Bonchev–Trinajstić information content (AvgIpc) is 2.63. The fraction of sp³-hybridized carbons (Fsp3) is 0.125. The minimum atomic E-state index is -0.972. The molecule has 0 aromatic heterocycles.